The third-order valence-corrected chi connectivity index (χ3v) is 6.29. The fourth-order valence-electron chi connectivity index (χ4n) is 4.74. The molecule has 0 aromatic heterocycles. The molecule has 1 fully saturated rings. The van der Waals surface area contributed by atoms with Crippen molar-refractivity contribution < 1.29 is 38.0 Å². The Labute approximate surface area is 217 Å². The van der Waals surface area contributed by atoms with E-state index in [0.29, 0.717) is 30.5 Å². The van der Waals surface area contributed by atoms with Gasteiger partial charge in [0.25, 0.3) is 0 Å². The number of hydrogen-bond acceptors (Lipinski definition) is 8. The standard InChI is InChI=1S/C28H35NO8/c1-6-33-26(30)24-21(19-9-12-22-23(15-19)36-17-35-22)16-29(27(31)37-28(2,3)4)25(24)18-7-10-20(11-8-18)34-14-13-32-5/h7-12,15,21,24-25H,6,13-14,16-17H2,1-5H3/t21-,24-,25+/m0/s1. The van der Waals surface area contributed by atoms with Gasteiger partial charge in [0, 0.05) is 19.6 Å². The summed E-state index contributed by atoms with van der Waals surface area (Å²) < 4.78 is 33.1. The van der Waals surface area contributed by atoms with Crippen LogP contribution in [0.25, 0.3) is 0 Å². The molecule has 0 radical (unpaired) electrons. The zero-order chi connectivity index (χ0) is 26.6. The Balaban J connectivity index is 1.73. The number of amides is 1. The van der Waals surface area contributed by atoms with Gasteiger partial charge in [0.15, 0.2) is 11.5 Å². The summed E-state index contributed by atoms with van der Waals surface area (Å²) in [7, 11) is 1.61. The SMILES string of the molecule is CCOC(=O)[C@@H]1[C@@H](c2ccc(OCCOC)cc2)N(C(=O)OC(C)(C)C)C[C@H]1c1ccc2c(c1)OCO2. The molecule has 0 N–H and O–H groups in total. The molecule has 200 valence electrons. The van der Waals surface area contributed by atoms with Crippen molar-refractivity contribution in [2.45, 2.75) is 45.3 Å². The second kappa shape index (κ2) is 11.3. The lowest BCUT2D eigenvalue weighted by Gasteiger charge is -2.30. The quantitative estimate of drug-likeness (QED) is 0.371. The molecule has 9 heteroatoms. The molecule has 2 aliphatic rings. The largest absolute Gasteiger partial charge is 0.491 e. The summed E-state index contributed by atoms with van der Waals surface area (Å²) in [5.41, 5.74) is 0.945. The Morgan fingerprint density at radius 1 is 1.00 bits per heavy atom. The molecule has 3 atom stereocenters. The van der Waals surface area contributed by atoms with Crippen molar-refractivity contribution in [3.8, 4) is 17.2 Å². The first-order valence-corrected chi connectivity index (χ1v) is 12.5. The Morgan fingerprint density at radius 2 is 1.70 bits per heavy atom. The van der Waals surface area contributed by atoms with Gasteiger partial charge in [0.1, 0.15) is 18.0 Å². The number of benzene rings is 2. The highest BCUT2D eigenvalue weighted by molar-refractivity contribution is 5.79. The van der Waals surface area contributed by atoms with Crippen LogP contribution in [-0.2, 0) is 19.0 Å². The maximum atomic E-state index is 13.4. The minimum Gasteiger partial charge on any atom is -0.491 e. The summed E-state index contributed by atoms with van der Waals surface area (Å²) in [4.78, 5) is 28.5. The van der Waals surface area contributed by atoms with E-state index in [-0.39, 0.29) is 31.8 Å². The molecule has 0 bridgehead atoms. The number of hydrogen-bond donors (Lipinski definition) is 0. The molecule has 37 heavy (non-hydrogen) atoms. The van der Waals surface area contributed by atoms with Crippen molar-refractivity contribution in [1.29, 1.82) is 0 Å². The van der Waals surface area contributed by atoms with Gasteiger partial charge < -0.3 is 28.4 Å². The van der Waals surface area contributed by atoms with E-state index >= 15 is 0 Å². The number of esters is 1. The first-order valence-electron chi connectivity index (χ1n) is 12.5. The van der Waals surface area contributed by atoms with Gasteiger partial charge in [-0.15, -0.1) is 0 Å². The van der Waals surface area contributed by atoms with Crippen LogP contribution in [-0.4, -0.2) is 62.8 Å². The van der Waals surface area contributed by atoms with Gasteiger partial charge in [0.2, 0.25) is 6.79 Å². The van der Waals surface area contributed by atoms with E-state index in [2.05, 4.69) is 0 Å². The van der Waals surface area contributed by atoms with Crippen LogP contribution in [0.1, 0.15) is 50.8 Å². The normalized spacial score (nSPS) is 20.6. The number of fused-ring (bicyclic) bond motifs is 1. The van der Waals surface area contributed by atoms with Gasteiger partial charge in [-0.05, 0) is 63.1 Å². The lowest BCUT2D eigenvalue weighted by molar-refractivity contribution is -0.149. The van der Waals surface area contributed by atoms with Crippen LogP contribution in [0.4, 0.5) is 4.79 Å². The van der Waals surface area contributed by atoms with Gasteiger partial charge >= 0.3 is 12.1 Å². The third-order valence-electron chi connectivity index (χ3n) is 6.29. The number of likely N-dealkylation sites (tertiary alicyclic amines) is 1. The number of nitrogens with zero attached hydrogens (tertiary/aromatic N) is 1. The molecule has 9 nitrogen and oxygen atoms in total. The summed E-state index contributed by atoms with van der Waals surface area (Å²) in [5.74, 6) is 0.560. The molecule has 0 saturated carbocycles. The van der Waals surface area contributed by atoms with Gasteiger partial charge in [-0.25, -0.2) is 4.79 Å². The minimum absolute atomic E-state index is 0.149. The van der Waals surface area contributed by atoms with E-state index in [0.717, 1.165) is 11.1 Å². The molecule has 1 saturated heterocycles. The molecule has 0 unspecified atom stereocenters. The Hall–Kier alpha value is -3.46. The number of ether oxygens (including phenoxy) is 6. The molecule has 2 aliphatic heterocycles. The van der Waals surface area contributed by atoms with Gasteiger partial charge in [-0.3, -0.25) is 9.69 Å². The van der Waals surface area contributed by atoms with Gasteiger partial charge in [-0.2, -0.15) is 0 Å². The number of carbonyl (C=O) groups is 2. The van der Waals surface area contributed by atoms with Crippen molar-refractivity contribution in [3.05, 3.63) is 53.6 Å². The molecule has 2 aromatic rings. The van der Waals surface area contributed by atoms with Crippen molar-refractivity contribution >= 4 is 12.1 Å². The maximum absolute atomic E-state index is 13.4. The highest BCUT2D eigenvalue weighted by atomic mass is 16.7. The predicted molar refractivity (Wildman–Crippen MR) is 135 cm³/mol. The third kappa shape index (κ3) is 6.10. The Kier molecular flexibility index (Phi) is 8.12. The van der Waals surface area contributed by atoms with E-state index in [1.807, 2.05) is 63.2 Å². The van der Waals surface area contributed by atoms with Crippen LogP contribution in [0.5, 0.6) is 17.2 Å². The topological polar surface area (TPSA) is 92.8 Å². The van der Waals surface area contributed by atoms with E-state index < -0.39 is 23.7 Å². The maximum Gasteiger partial charge on any atom is 0.410 e. The van der Waals surface area contributed by atoms with Crippen molar-refractivity contribution in [3.63, 3.8) is 0 Å². The second-order valence-electron chi connectivity index (χ2n) is 9.98. The van der Waals surface area contributed by atoms with Crippen LogP contribution in [0.2, 0.25) is 0 Å². The average molecular weight is 514 g/mol. The fraction of sp³-hybridized carbons (Fsp3) is 0.500. The first-order chi connectivity index (χ1) is 17.7. The Bertz CT molecular complexity index is 1090. The lowest BCUT2D eigenvalue weighted by Crippen LogP contribution is -2.38. The smallest absolute Gasteiger partial charge is 0.410 e. The van der Waals surface area contributed by atoms with Crippen molar-refractivity contribution in [2.75, 3.05) is 40.3 Å². The van der Waals surface area contributed by atoms with Crippen LogP contribution < -0.4 is 14.2 Å². The average Bonchev–Trinajstić information content (AvgIpc) is 3.48. The van der Waals surface area contributed by atoms with Gasteiger partial charge in [-0.1, -0.05) is 18.2 Å². The summed E-state index contributed by atoms with van der Waals surface area (Å²) in [6.07, 6.45) is -0.490. The molecule has 2 heterocycles. The summed E-state index contributed by atoms with van der Waals surface area (Å²) in [6.45, 7) is 8.77. The predicted octanol–water partition coefficient (Wildman–Crippen LogP) is 4.70. The lowest BCUT2D eigenvalue weighted by atomic mass is 9.82. The van der Waals surface area contributed by atoms with Crippen LogP contribution >= 0.6 is 0 Å². The zero-order valence-electron chi connectivity index (χ0n) is 22.0. The number of rotatable bonds is 8. The van der Waals surface area contributed by atoms with Crippen molar-refractivity contribution in [2.24, 2.45) is 5.92 Å². The fourth-order valence-corrected chi connectivity index (χ4v) is 4.74. The molecule has 0 aliphatic carbocycles. The van der Waals surface area contributed by atoms with Crippen LogP contribution in [0.3, 0.4) is 0 Å². The summed E-state index contributed by atoms with van der Waals surface area (Å²) in [6, 6.07) is 12.4. The Morgan fingerprint density at radius 3 is 2.38 bits per heavy atom. The van der Waals surface area contributed by atoms with E-state index in [1.165, 1.54) is 0 Å². The monoisotopic (exact) mass is 513 g/mol. The van der Waals surface area contributed by atoms with E-state index in [9.17, 15) is 9.59 Å². The molecular formula is C28H35NO8. The summed E-state index contributed by atoms with van der Waals surface area (Å²) in [5, 5.41) is 0. The van der Waals surface area contributed by atoms with Gasteiger partial charge in [0.05, 0.1) is 25.2 Å². The van der Waals surface area contributed by atoms with Crippen molar-refractivity contribution in [1.82, 2.24) is 4.90 Å². The molecular weight excluding hydrogens is 478 g/mol. The zero-order valence-corrected chi connectivity index (χ0v) is 22.0. The number of carbonyl (C=O) groups excluding carboxylic acids is 2. The molecule has 2 aromatic carbocycles. The van der Waals surface area contributed by atoms with Crippen LogP contribution in [0, 0.1) is 5.92 Å². The van der Waals surface area contributed by atoms with E-state index in [1.54, 1.807) is 18.9 Å². The van der Waals surface area contributed by atoms with Crippen LogP contribution in [0.15, 0.2) is 42.5 Å². The molecule has 1 amide bonds. The van der Waals surface area contributed by atoms with E-state index in [4.69, 9.17) is 28.4 Å². The number of methoxy groups -OCH3 is 1. The molecule has 4 rings (SSSR count). The summed E-state index contributed by atoms with van der Waals surface area (Å²) >= 11 is 0. The second-order valence-corrected chi connectivity index (χ2v) is 9.98. The highest BCUT2D eigenvalue weighted by Crippen LogP contribution is 2.48. The highest BCUT2D eigenvalue weighted by Gasteiger charge is 2.51. The first kappa shape index (κ1) is 26.6. The minimum atomic E-state index is -0.697. The molecule has 0 spiro atoms.